The Kier molecular flexibility index (Phi) is 2.03. The zero-order valence-corrected chi connectivity index (χ0v) is 7.01. The van der Waals surface area contributed by atoms with Gasteiger partial charge in [0.25, 0.3) is 0 Å². The number of aromatic hydroxyl groups is 1. The van der Waals surface area contributed by atoms with E-state index in [2.05, 4.69) is 0 Å². The number of phenolic OH excluding ortho intramolecular Hbond substituents is 1. The molecule has 0 aromatic heterocycles. The van der Waals surface area contributed by atoms with Crippen LogP contribution in [0.5, 0.6) is 11.5 Å². The molecule has 0 radical (unpaired) electrons. The van der Waals surface area contributed by atoms with E-state index in [-0.39, 0.29) is 0 Å². The van der Waals surface area contributed by atoms with E-state index in [1.807, 2.05) is 19.9 Å². The summed E-state index contributed by atoms with van der Waals surface area (Å²) in [5, 5.41) is 9.26. The van der Waals surface area contributed by atoms with Crippen molar-refractivity contribution in [3.8, 4) is 11.5 Å². The van der Waals surface area contributed by atoms with Gasteiger partial charge >= 0.3 is 0 Å². The number of phenols is 1. The molecule has 0 heterocycles. The largest absolute Gasteiger partial charge is 0.508 e. The van der Waals surface area contributed by atoms with Crippen LogP contribution in [0.25, 0.3) is 0 Å². The van der Waals surface area contributed by atoms with Crippen LogP contribution in [0.4, 0.5) is 0 Å². The SMILES string of the molecule is COc1cc(C)c(O)cc1C. The molecule has 1 N–H and O–H groups in total. The maximum atomic E-state index is 9.26. The Labute approximate surface area is 66.4 Å². The minimum Gasteiger partial charge on any atom is -0.508 e. The van der Waals surface area contributed by atoms with Crippen molar-refractivity contribution in [3.63, 3.8) is 0 Å². The van der Waals surface area contributed by atoms with Crippen LogP contribution in [0, 0.1) is 13.8 Å². The van der Waals surface area contributed by atoms with Crippen LogP contribution < -0.4 is 4.74 Å². The first-order valence-corrected chi connectivity index (χ1v) is 3.49. The molecule has 0 saturated heterocycles. The smallest absolute Gasteiger partial charge is 0.122 e. The Balaban J connectivity index is 3.21. The second-order valence-electron chi connectivity index (χ2n) is 2.61. The van der Waals surface area contributed by atoms with E-state index in [1.54, 1.807) is 13.2 Å². The summed E-state index contributed by atoms with van der Waals surface area (Å²) in [6, 6.07) is 3.53. The summed E-state index contributed by atoms with van der Waals surface area (Å²) in [6.07, 6.45) is 0. The van der Waals surface area contributed by atoms with Crippen LogP contribution in [0.1, 0.15) is 11.1 Å². The van der Waals surface area contributed by atoms with Crippen molar-refractivity contribution in [2.24, 2.45) is 0 Å². The van der Waals surface area contributed by atoms with Crippen LogP contribution in [-0.2, 0) is 0 Å². The summed E-state index contributed by atoms with van der Waals surface area (Å²) in [6.45, 7) is 3.75. The minimum atomic E-state index is 0.323. The Morgan fingerprint density at radius 3 is 2.36 bits per heavy atom. The Morgan fingerprint density at radius 1 is 1.18 bits per heavy atom. The Bertz CT molecular complexity index is 267. The summed E-state index contributed by atoms with van der Waals surface area (Å²) in [5.74, 6) is 1.14. The van der Waals surface area contributed by atoms with Crippen LogP contribution in [0.15, 0.2) is 12.1 Å². The van der Waals surface area contributed by atoms with Gasteiger partial charge < -0.3 is 9.84 Å². The molecule has 0 atom stereocenters. The predicted molar refractivity (Wildman–Crippen MR) is 44.1 cm³/mol. The van der Waals surface area contributed by atoms with Gasteiger partial charge in [-0.2, -0.15) is 0 Å². The fraction of sp³-hybridized carbons (Fsp3) is 0.333. The average molecular weight is 152 g/mol. The molecule has 0 aliphatic carbocycles. The first-order valence-electron chi connectivity index (χ1n) is 3.49. The summed E-state index contributed by atoms with van der Waals surface area (Å²) >= 11 is 0. The van der Waals surface area contributed by atoms with Crippen LogP contribution in [0.3, 0.4) is 0 Å². The van der Waals surface area contributed by atoms with Crippen molar-refractivity contribution in [2.45, 2.75) is 13.8 Å². The van der Waals surface area contributed by atoms with Gasteiger partial charge in [-0.25, -0.2) is 0 Å². The van der Waals surface area contributed by atoms with E-state index in [0.717, 1.165) is 16.9 Å². The molecule has 60 valence electrons. The summed E-state index contributed by atoms with van der Waals surface area (Å²) in [7, 11) is 1.62. The molecule has 2 nitrogen and oxygen atoms in total. The molecule has 0 aliphatic heterocycles. The highest BCUT2D eigenvalue weighted by molar-refractivity contribution is 5.44. The molecule has 0 amide bonds. The zero-order valence-electron chi connectivity index (χ0n) is 7.01. The highest BCUT2D eigenvalue weighted by atomic mass is 16.5. The van der Waals surface area contributed by atoms with E-state index in [1.165, 1.54) is 0 Å². The molecule has 1 rings (SSSR count). The highest BCUT2D eigenvalue weighted by Crippen LogP contribution is 2.26. The predicted octanol–water partition coefficient (Wildman–Crippen LogP) is 2.02. The van der Waals surface area contributed by atoms with E-state index < -0.39 is 0 Å². The molecule has 11 heavy (non-hydrogen) atoms. The number of hydrogen-bond acceptors (Lipinski definition) is 2. The maximum Gasteiger partial charge on any atom is 0.122 e. The van der Waals surface area contributed by atoms with Crippen molar-refractivity contribution in [2.75, 3.05) is 7.11 Å². The monoisotopic (exact) mass is 152 g/mol. The average Bonchev–Trinajstić information content (AvgIpc) is 1.97. The van der Waals surface area contributed by atoms with Crippen LogP contribution >= 0.6 is 0 Å². The fourth-order valence-electron chi connectivity index (χ4n) is 0.994. The first kappa shape index (κ1) is 7.92. The lowest BCUT2D eigenvalue weighted by atomic mass is 10.1. The number of aryl methyl sites for hydroxylation is 2. The Morgan fingerprint density at radius 2 is 1.82 bits per heavy atom. The second-order valence-corrected chi connectivity index (χ2v) is 2.61. The fourth-order valence-corrected chi connectivity index (χ4v) is 0.994. The summed E-state index contributed by atoms with van der Waals surface area (Å²) < 4.78 is 5.07. The topological polar surface area (TPSA) is 29.5 Å². The summed E-state index contributed by atoms with van der Waals surface area (Å²) in [4.78, 5) is 0. The number of rotatable bonds is 1. The van der Waals surface area contributed by atoms with Gasteiger partial charge in [-0.15, -0.1) is 0 Å². The number of hydrogen-bond donors (Lipinski definition) is 1. The van der Waals surface area contributed by atoms with E-state index in [9.17, 15) is 5.11 Å². The zero-order chi connectivity index (χ0) is 8.43. The quantitative estimate of drug-likeness (QED) is 0.667. The van der Waals surface area contributed by atoms with Gasteiger partial charge in [-0.05, 0) is 37.1 Å². The molecular formula is C9H12O2. The minimum absolute atomic E-state index is 0.323. The van der Waals surface area contributed by atoms with E-state index in [0.29, 0.717) is 5.75 Å². The molecular weight excluding hydrogens is 140 g/mol. The molecule has 2 heteroatoms. The third-order valence-electron chi connectivity index (χ3n) is 1.71. The summed E-state index contributed by atoms with van der Waals surface area (Å²) in [5.41, 5.74) is 1.79. The van der Waals surface area contributed by atoms with Gasteiger partial charge in [-0.3, -0.25) is 0 Å². The molecule has 0 saturated carbocycles. The van der Waals surface area contributed by atoms with E-state index >= 15 is 0 Å². The van der Waals surface area contributed by atoms with Crippen LogP contribution in [-0.4, -0.2) is 12.2 Å². The van der Waals surface area contributed by atoms with Crippen molar-refractivity contribution in [3.05, 3.63) is 23.3 Å². The molecule has 0 unspecified atom stereocenters. The number of methoxy groups -OCH3 is 1. The molecule has 1 aromatic rings. The van der Waals surface area contributed by atoms with Gasteiger partial charge in [-0.1, -0.05) is 0 Å². The highest BCUT2D eigenvalue weighted by Gasteiger charge is 2.01. The molecule has 0 aliphatic rings. The van der Waals surface area contributed by atoms with Gasteiger partial charge in [0.05, 0.1) is 7.11 Å². The van der Waals surface area contributed by atoms with Crippen molar-refractivity contribution < 1.29 is 9.84 Å². The number of ether oxygens (including phenoxy) is 1. The lowest BCUT2D eigenvalue weighted by Crippen LogP contribution is -1.87. The molecule has 1 aromatic carbocycles. The normalized spacial score (nSPS) is 9.73. The van der Waals surface area contributed by atoms with Crippen molar-refractivity contribution >= 4 is 0 Å². The van der Waals surface area contributed by atoms with Gasteiger partial charge in [0.15, 0.2) is 0 Å². The number of benzene rings is 1. The van der Waals surface area contributed by atoms with Crippen LogP contribution in [0.2, 0.25) is 0 Å². The first-order chi connectivity index (χ1) is 5.15. The standard InChI is InChI=1S/C9H12O2/c1-6-5-9(11-3)7(2)4-8(6)10/h4-5,10H,1-3H3. The Hall–Kier alpha value is -1.18. The second kappa shape index (κ2) is 2.82. The van der Waals surface area contributed by atoms with Crippen molar-refractivity contribution in [1.29, 1.82) is 0 Å². The lowest BCUT2D eigenvalue weighted by Gasteiger charge is -2.06. The van der Waals surface area contributed by atoms with Gasteiger partial charge in [0.2, 0.25) is 0 Å². The lowest BCUT2D eigenvalue weighted by molar-refractivity contribution is 0.408. The molecule has 0 bridgehead atoms. The molecule has 0 fully saturated rings. The van der Waals surface area contributed by atoms with E-state index in [4.69, 9.17) is 4.74 Å². The van der Waals surface area contributed by atoms with Crippen molar-refractivity contribution in [1.82, 2.24) is 0 Å². The molecule has 0 spiro atoms. The third kappa shape index (κ3) is 1.45. The van der Waals surface area contributed by atoms with Gasteiger partial charge in [0.1, 0.15) is 11.5 Å². The van der Waals surface area contributed by atoms with Gasteiger partial charge in [0, 0.05) is 0 Å². The third-order valence-corrected chi connectivity index (χ3v) is 1.71. The maximum absolute atomic E-state index is 9.26.